The number of benzene rings is 3. The van der Waals surface area contributed by atoms with Crippen molar-refractivity contribution in [2.24, 2.45) is 0 Å². The molecular weight excluding hydrogens is 485 g/mol. The van der Waals surface area contributed by atoms with Crippen LogP contribution in [0.25, 0.3) is 0 Å². The van der Waals surface area contributed by atoms with E-state index in [0.717, 1.165) is 9.87 Å². The summed E-state index contributed by atoms with van der Waals surface area (Å²) < 4.78 is 53.6. The van der Waals surface area contributed by atoms with Gasteiger partial charge in [-0.05, 0) is 54.4 Å². The summed E-state index contributed by atoms with van der Waals surface area (Å²) in [5.74, 6) is -1.60. The maximum atomic E-state index is 14.0. The highest BCUT2D eigenvalue weighted by Gasteiger charge is 2.35. The fourth-order valence-electron chi connectivity index (χ4n) is 3.65. The van der Waals surface area contributed by atoms with Gasteiger partial charge >= 0.3 is 5.97 Å². The van der Waals surface area contributed by atoms with Crippen LogP contribution in [-0.4, -0.2) is 32.1 Å². The van der Waals surface area contributed by atoms with Crippen LogP contribution in [0.2, 0.25) is 5.02 Å². The number of para-hydroxylation sites is 1. The lowest BCUT2D eigenvalue weighted by atomic mass is 10.1. The maximum absolute atomic E-state index is 14.0. The van der Waals surface area contributed by atoms with Gasteiger partial charge in [0.15, 0.2) is 11.6 Å². The number of nitrogens with zero attached hydrogens (tertiary/aromatic N) is 1. The molecule has 0 fully saturated rings. The second-order valence-corrected chi connectivity index (χ2v) is 10.1. The standard InChI is InChI=1S/C24H21ClFNO6S/c1-15-4-2-5-18(10-15)34(30,31)27-13-17(12-23(28)29)33-22-9-8-16(11-21(22)27)14-32-24-19(25)6-3-7-20(24)26/h2-11,17H,12-14H2,1H3,(H,28,29)/t17-/m0/s1. The van der Waals surface area contributed by atoms with Crippen molar-refractivity contribution in [3.63, 3.8) is 0 Å². The van der Waals surface area contributed by atoms with Crippen LogP contribution in [0.3, 0.4) is 0 Å². The van der Waals surface area contributed by atoms with Crippen LogP contribution < -0.4 is 13.8 Å². The maximum Gasteiger partial charge on any atom is 0.307 e. The number of rotatable bonds is 7. The number of carbonyl (C=O) groups is 1. The Morgan fingerprint density at radius 1 is 1.21 bits per heavy atom. The average Bonchev–Trinajstić information content (AvgIpc) is 2.78. The lowest BCUT2D eigenvalue weighted by molar-refractivity contribution is -0.138. The van der Waals surface area contributed by atoms with E-state index in [1.54, 1.807) is 43.3 Å². The number of anilines is 1. The highest BCUT2D eigenvalue weighted by atomic mass is 35.5. The molecule has 0 saturated carbocycles. The van der Waals surface area contributed by atoms with Crippen molar-refractivity contribution in [1.29, 1.82) is 0 Å². The van der Waals surface area contributed by atoms with Crippen molar-refractivity contribution < 1.29 is 32.2 Å². The molecule has 1 aliphatic rings. The summed E-state index contributed by atoms with van der Waals surface area (Å²) in [4.78, 5) is 11.4. The van der Waals surface area contributed by atoms with E-state index in [-0.39, 0.29) is 46.7 Å². The number of aryl methyl sites for hydroxylation is 1. The Balaban J connectivity index is 1.70. The summed E-state index contributed by atoms with van der Waals surface area (Å²) >= 11 is 6.01. The van der Waals surface area contributed by atoms with Gasteiger partial charge in [0.25, 0.3) is 10.0 Å². The first kappa shape index (κ1) is 23.8. The Bertz CT molecular complexity index is 1330. The summed E-state index contributed by atoms with van der Waals surface area (Å²) in [5.41, 5.74) is 1.55. The van der Waals surface area contributed by atoms with Gasteiger partial charge in [-0.1, -0.05) is 35.9 Å². The summed E-state index contributed by atoms with van der Waals surface area (Å²) in [7, 11) is -4.03. The van der Waals surface area contributed by atoms with Crippen LogP contribution in [0, 0.1) is 12.7 Å². The Morgan fingerprint density at radius 2 is 1.97 bits per heavy atom. The van der Waals surface area contributed by atoms with E-state index >= 15 is 0 Å². The minimum absolute atomic E-state index is 0.0780. The Morgan fingerprint density at radius 3 is 2.68 bits per heavy atom. The van der Waals surface area contributed by atoms with E-state index in [0.29, 0.717) is 5.56 Å². The van der Waals surface area contributed by atoms with Gasteiger partial charge in [0.1, 0.15) is 18.5 Å². The molecule has 0 amide bonds. The number of ether oxygens (including phenoxy) is 2. The monoisotopic (exact) mass is 505 g/mol. The second-order valence-electron chi connectivity index (χ2n) is 7.83. The molecule has 0 bridgehead atoms. The molecule has 0 saturated heterocycles. The van der Waals surface area contributed by atoms with Gasteiger partial charge in [-0.2, -0.15) is 0 Å². The Kier molecular flexibility index (Phi) is 6.67. The largest absolute Gasteiger partial charge is 0.486 e. The van der Waals surface area contributed by atoms with Gasteiger partial charge in [-0.15, -0.1) is 0 Å². The molecule has 1 heterocycles. The smallest absolute Gasteiger partial charge is 0.307 e. The zero-order valence-electron chi connectivity index (χ0n) is 18.1. The minimum atomic E-state index is -4.03. The molecule has 3 aromatic rings. The zero-order chi connectivity index (χ0) is 24.5. The normalized spacial score (nSPS) is 15.4. The summed E-state index contributed by atoms with van der Waals surface area (Å²) in [6, 6.07) is 15.4. The molecule has 3 aromatic carbocycles. The number of carboxylic acid groups (broad SMARTS) is 1. The van der Waals surface area contributed by atoms with Gasteiger partial charge in [0, 0.05) is 0 Å². The van der Waals surface area contributed by atoms with E-state index in [4.69, 9.17) is 21.1 Å². The van der Waals surface area contributed by atoms with Gasteiger partial charge < -0.3 is 14.6 Å². The third-order valence-electron chi connectivity index (χ3n) is 5.24. The van der Waals surface area contributed by atoms with E-state index in [2.05, 4.69) is 0 Å². The predicted octanol–water partition coefficient (Wildman–Crippen LogP) is 4.80. The van der Waals surface area contributed by atoms with E-state index < -0.39 is 27.9 Å². The molecule has 0 radical (unpaired) electrons. The fourth-order valence-corrected chi connectivity index (χ4v) is 5.48. The predicted molar refractivity (Wildman–Crippen MR) is 125 cm³/mol. The average molecular weight is 506 g/mol. The first-order valence-electron chi connectivity index (χ1n) is 10.3. The van der Waals surface area contributed by atoms with Gasteiger partial charge in [-0.3, -0.25) is 9.10 Å². The van der Waals surface area contributed by atoms with Crippen molar-refractivity contribution in [3.05, 3.63) is 82.6 Å². The number of halogens is 2. The van der Waals surface area contributed by atoms with E-state index in [1.807, 2.05) is 0 Å². The van der Waals surface area contributed by atoms with Crippen molar-refractivity contribution >= 4 is 33.3 Å². The molecule has 1 N–H and O–H groups in total. The molecule has 4 rings (SSSR count). The first-order valence-corrected chi connectivity index (χ1v) is 12.1. The number of aliphatic carboxylic acids is 1. The Labute approximate surface area is 201 Å². The molecule has 0 unspecified atom stereocenters. The van der Waals surface area contributed by atoms with Crippen LogP contribution in [-0.2, 0) is 21.4 Å². The molecular formula is C24H21ClFNO6S. The van der Waals surface area contributed by atoms with Crippen molar-refractivity contribution in [2.45, 2.75) is 31.0 Å². The van der Waals surface area contributed by atoms with Crippen molar-refractivity contribution in [2.75, 3.05) is 10.8 Å². The van der Waals surface area contributed by atoms with Gasteiger partial charge in [0.2, 0.25) is 0 Å². The van der Waals surface area contributed by atoms with E-state index in [1.165, 1.54) is 24.3 Å². The molecule has 0 aromatic heterocycles. The number of hydrogen-bond acceptors (Lipinski definition) is 5. The number of hydrogen-bond donors (Lipinski definition) is 1. The van der Waals surface area contributed by atoms with Crippen LogP contribution in [0.15, 0.2) is 65.6 Å². The molecule has 178 valence electrons. The number of fused-ring (bicyclic) bond motifs is 1. The van der Waals surface area contributed by atoms with Crippen LogP contribution in [0.5, 0.6) is 11.5 Å². The minimum Gasteiger partial charge on any atom is -0.486 e. The summed E-state index contributed by atoms with van der Waals surface area (Å²) in [6.45, 7) is 1.52. The molecule has 7 nitrogen and oxygen atoms in total. The number of sulfonamides is 1. The zero-order valence-corrected chi connectivity index (χ0v) is 19.6. The lowest BCUT2D eigenvalue weighted by Gasteiger charge is -2.35. The van der Waals surface area contributed by atoms with Crippen molar-refractivity contribution in [3.8, 4) is 11.5 Å². The third-order valence-corrected chi connectivity index (χ3v) is 7.31. The summed E-state index contributed by atoms with van der Waals surface area (Å²) in [5, 5.41) is 9.33. The highest BCUT2D eigenvalue weighted by Crippen LogP contribution is 2.39. The molecule has 0 spiro atoms. The highest BCUT2D eigenvalue weighted by molar-refractivity contribution is 7.92. The van der Waals surface area contributed by atoms with E-state index in [9.17, 15) is 22.7 Å². The third kappa shape index (κ3) is 4.95. The molecule has 34 heavy (non-hydrogen) atoms. The SMILES string of the molecule is Cc1cccc(S(=O)(=O)N2C[C@H](CC(=O)O)Oc3ccc(COc4c(F)cccc4Cl)cc32)c1. The molecule has 1 aliphatic heterocycles. The number of carboxylic acids is 1. The second kappa shape index (κ2) is 9.52. The van der Waals surface area contributed by atoms with Crippen LogP contribution >= 0.6 is 11.6 Å². The van der Waals surface area contributed by atoms with Crippen molar-refractivity contribution in [1.82, 2.24) is 0 Å². The topological polar surface area (TPSA) is 93.1 Å². The Hall–Kier alpha value is -3.30. The quantitative estimate of drug-likeness (QED) is 0.496. The molecule has 1 atom stereocenters. The van der Waals surface area contributed by atoms with Crippen LogP contribution in [0.1, 0.15) is 17.5 Å². The lowest BCUT2D eigenvalue weighted by Crippen LogP contribution is -2.44. The summed E-state index contributed by atoms with van der Waals surface area (Å²) in [6.07, 6.45) is -1.24. The van der Waals surface area contributed by atoms with Gasteiger partial charge in [0.05, 0.1) is 28.6 Å². The first-order chi connectivity index (χ1) is 16.1. The fraction of sp³-hybridized carbons (Fsp3) is 0.208. The molecule has 0 aliphatic carbocycles. The van der Waals surface area contributed by atoms with Crippen LogP contribution in [0.4, 0.5) is 10.1 Å². The van der Waals surface area contributed by atoms with Gasteiger partial charge in [-0.25, -0.2) is 12.8 Å². The molecule has 10 heteroatoms.